The van der Waals surface area contributed by atoms with Crippen molar-refractivity contribution in [3.05, 3.63) is 34.7 Å². The first-order valence-corrected chi connectivity index (χ1v) is 9.26. The summed E-state index contributed by atoms with van der Waals surface area (Å²) in [7, 11) is 0. The van der Waals surface area contributed by atoms with Crippen LogP contribution in [0.4, 0.5) is 0 Å². The van der Waals surface area contributed by atoms with Gasteiger partial charge in [-0.3, -0.25) is 14.2 Å². The lowest BCUT2D eigenvalue weighted by Gasteiger charge is -2.20. The molecular formula is C18H20N2O5S. The summed E-state index contributed by atoms with van der Waals surface area (Å²) in [6.07, 6.45) is 3.31. The van der Waals surface area contributed by atoms with Gasteiger partial charge in [0.05, 0.1) is 5.56 Å². The molecule has 138 valence electrons. The number of ether oxygens (including phenoxy) is 3. The van der Waals surface area contributed by atoms with Gasteiger partial charge in [0.15, 0.2) is 16.7 Å². The van der Waals surface area contributed by atoms with Gasteiger partial charge in [0.1, 0.15) is 12.1 Å². The number of carbonyl (C=O) groups is 1. The number of carbonyl (C=O) groups excluding carboxylic acids is 1. The van der Waals surface area contributed by atoms with Crippen LogP contribution in [0.15, 0.2) is 34.3 Å². The second kappa shape index (κ2) is 7.03. The van der Waals surface area contributed by atoms with Crippen LogP contribution in [-0.2, 0) is 16.1 Å². The van der Waals surface area contributed by atoms with E-state index in [-0.39, 0.29) is 18.9 Å². The standard InChI is InChI=1S/C18H20N2O5S/c1-18(2,3)25-15(21)9-20-16(22)12(8-19-17(20)26-4)11-5-6-13-14(7-11)24-10-23-13/h5-8H,9-10H2,1-4H3. The Bertz CT molecular complexity index is 901. The minimum absolute atomic E-state index is 0.158. The van der Waals surface area contributed by atoms with Crippen LogP contribution in [0.3, 0.4) is 0 Å². The summed E-state index contributed by atoms with van der Waals surface area (Å²) in [4.78, 5) is 29.5. The Kier molecular flexibility index (Phi) is 4.95. The number of hydrogen-bond acceptors (Lipinski definition) is 7. The number of nitrogens with zero attached hydrogens (tertiary/aromatic N) is 2. The summed E-state index contributed by atoms with van der Waals surface area (Å²) in [6.45, 7) is 5.31. The zero-order chi connectivity index (χ0) is 18.9. The summed E-state index contributed by atoms with van der Waals surface area (Å²) in [5, 5.41) is 0.449. The molecule has 3 rings (SSSR count). The topological polar surface area (TPSA) is 79.7 Å². The molecule has 1 aromatic carbocycles. The minimum atomic E-state index is -0.622. The van der Waals surface area contributed by atoms with E-state index < -0.39 is 11.6 Å². The molecule has 0 bridgehead atoms. The molecule has 1 aromatic heterocycles. The highest BCUT2D eigenvalue weighted by Crippen LogP contribution is 2.35. The van der Waals surface area contributed by atoms with Crippen molar-refractivity contribution in [2.75, 3.05) is 13.0 Å². The first-order valence-electron chi connectivity index (χ1n) is 8.04. The molecule has 2 heterocycles. The second-order valence-corrected chi connectivity index (χ2v) is 7.48. The molecule has 7 nitrogen and oxygen atoms in total. The van der Waals surface area contributed by atoms with Gasteiger partial charge in [-0.25, -0.2) is 4.98 Å². The quantitative estimate of drug-likeness (QED) is 0.461. The third kappa shape index (κ3) is 3.85. The molecule has 1 aliphatic rings. The molecule has 0 spiro atoms. The van der Waals surface area contributed by atoms with Gasteiger partial charge in [0.25, 0.3) is 5.56 Å². The van der Waals surface area contributed by atoms with Gasteiger partial charge in [-0.15, -0.1) is 0 Å². The van der Waals surface area contributed by atoms with Gasteiger partial charge in [-0.2, -0.15) is 0 Å². The van der Waals surface area contributed by atoms with Crippen LogP contribution in [0.5, 0.6) is 11.5 Å². The van der Waals surface area contributed by atoms with Crippen molar-refractivity contribution in [3.8, 4) is 22.6 Å². The van der Waals surface area contributed by atoms with Crippen molar-refractivity contribution in [1.29, 1.82) is 0 Å². The molecule has 2 aromatic rings. The van der Waals surface area contributed by atoms with E-state index in [1.807, 2.05) is 0 Å². The fourth-order valence-corrected chi connectivity index (χ4v) is 3.07. The molecule has 0 amide bonds. The lowest BCUT2D eigenvalue weighted by molar-refractivity contribution is -0.155. The Balaban J connectivity index is 1.98. The van der Waals surface area contributed by atoms with Gasteiger partial charge in [0.2, 0.25) is 6.79 Å². The van der Waals surface area contributed by atoms with Crippen LogP contribution in [0, 0.1) is 0 Å². The van der Waals surface area contributed by atoms with Crippen molar-refractivity contribution in [2.45, 2.75) is 38.1 Å². The Morgan fingerprint density at radius 1 is 1.31 bits per heavy atom. The minimum Gasteiger partial charge on any atom is -0.459 e. The van der Waals surface area contributed by atoms with Gasteiger partial charge in [-0.1, -0.05) is 17.8 Å². The Morgan fingerprint density at radius 2 is 2.04 bits per heavy atom. The van der Waals surface area contributed by atoms with Crippen LogP contribution in [-0.4, -0.2) is 34.2 Å². The molecule has 0 unspecified atom stereocenters. The van der Waals surface area contributed by atoms with Gasteiger partial charge < -0.3 is 14.2 Å². The van der Waals surface area contributed by atoms with Crippen molar-refractivity contribution in [1.82, 2.24) is 9.55 Å². The summed E-state index contributed by atoms with van der Waals surface area (Å²) in [5.74, 6) is 0.727. The number of thioether (sulfide) groups is 1. The van der Waals surface area contributed by atoms with Crippen molar-refractivity contribution < 1.29 is 19.0 Å². The number of fused-ring (bicyclic) bond motifs is 1. The maximum atomic E-state index is 13.0. The predicted octanol–water partition coefficient (Wildman–Crippen LogP) is 2.70. The zero-order valence-electron chi connectivity index (χ0n) is 15.1. The molecule has 0 fully saturated rings. The number of rotatable bonds is 4. The fourth-order valence-electron chi connectivity index (χ4n) is 2.54. The fraction of sp³-hybridized carbons (Fsp3) is 0.389. The lowest BCUT2D eigenvalue weighted by atomic mass is 10.1. The molecule has 0 aliphatic carbocycles. The number of benzene rings is 1. The van der Waals surface area contributed by atoms with Crippen molar-refractivity contribution in [3.63, 3.8) is 0 Å². The molecular weight excluding hydrogens is 356 g/mol. The molecule has 0 atom stereocenters. The average Bonchev–Trinajstić information content (AvgIpc) is 3.02. The van der Waals surface area contributed by atoms with E-state index in [9.17, 15) is 9.59 Å². The van der Waals surface area contributed by atoms with E-state index >= 15 is 0 Å². The average molecular weight is 376 g/mol. The van der Waals surface area contributed by atoms with E-state index in [4.69, 9.17) is 14.2 Å². The second-order valence-electron chi connectivity index (χ2n) is 6.70. The highest BCUT2D eigenvalue weighted by molar-refractivity contribution is 7.98. The summed E-state index contributed by atoms with van der Waals surface area (Å²) >= 11 is 1.29. The van der Waals surface area contributed by atoms with Crippen LogP contribution in [0.25, 0.3) is 11.1 Å². The lowest BCUT2D eigenvalue weighted by Crippen LogP contribution is -2.32. The van der Waals surface area contributed by atoms with Crippen LogP contribution in [0.2, 0.25) is 0 Å². The maximum Gasteiger partial charge on any atom is 0.326 e. The third-order valence-electron chi connectivity index (χ3n) is 3.58. The number of hydrogen-bond donors (Lipinski definition) is 0. The monoisotopic (exact) mass is 376 g/mol. The zero-order valence-corrected chi connectivity index (χ0v) is 15.9. The highest BCUT2D eigenvalue weighted by Gasteiger charge is 2.21. The Labute approximate surface area is 155 Å². The Morgan fingerprint density at radius 3 is 2.73 bits per heavy atom. The number of esters is 1. The molecule has 26 heavy (non-hydrogen) atoms. The maximum absolute atomic E-state index is 13.0. The van der Waals surface area contributed by atoms with Crippen LogP contribution < -0.4 is 15.0 Å². The normalized spacial score (nSPS) is 12.9. The van der Waals surface area contributed by atoms with Gasteiger partial charge in [0, 0.05) is 6.20 Å². The molecule has 0 N–H and O–H groups in total. The molecule has 0 saturated carbocycles. The molecule has 8 heteroatoms. The Hall–Kier alpha value is -2.48. The molecule has 1 aliphatic heterocycles. The van der Waals surface area contributed by atoms with E-state index in [0.29, 0.717) is 27.8 Å². The van der Waals surface area contributed by atoms with Crippen LogP contribution >= 0.6 is 11.8 Å². The van der Waals surface area contributed by atoms with E-state index in [0.717, 1.165) is 0 Å². The van der Waals surface area contributed by atoms with E-state index in [1.54, 1.807) is 45.2 Å². The summed E-state index contributed by atoms with van der Waals surface area (Å²) in [6, 6.07) is 5.25. The van der Waals surface area contributed by atoms with Crippen molar-refractivity contribution in [2.24, 2.45) is 0 Å². The predicted molar refractivity (Wildman–Crippen MR) is 97.7 cm³/mol. The molecule has 0 saturated heterocycles. The third-order valence-corrected chi connectivity index (χ3v) is 4.27. The summed E-state index contributed by atoms with van der Waals surface area (Å²) < 4.78 is 17.3. The van der Waals surface area contributed by atoms with Gasteiger partial charge >= 0.3 is 5.97 Å². The van der Waals surface area contributed by atoms with E-state index in [1.165, 1.54) is 22.5 Å². The van der Waals surface area contributed by atoms with Crippen molar-refractivity contribution >= 4 is 17.7 Å². The summed E-state index contributed by atoms with van der Waals surface area (Å²) in [5.41, 5.74) is 0.0961. The molecule has 0 radical (unpaired) electrons. The van der Waals surface area contributed by atoms with Crippen LogP contribution in [0.1, 0.15) is 20.8 Å². The SMILES string of the molecule is CSc1ncc(-c2ccc3c(c2)OCO3)c(=O)n1CC(=O)OC(C)(C)C. The van der Waals surface area contributed by atoms with Gasteiger partial charge in [-0.05, 0) is 44.7 Å². The largest absolute Gasteiger partial charge is 0.459 e. The van der Waals surface area contributed by atoms with E-state index in [2.05, 4.69) is 4.98 Å². The smallest absolute Gasteiger partial charge is 0.326 e. The first kappa shape index (κ1) is 18.3. The first-order chi connectivity index (χ1) is 12.3. The highest BCUT2D eigenvalue weighted by atomic mass is 32.2. The number of aromatic nitrogens is 2.